The molecule has 0 aliphatic heterocycles. The van der Waals surface area contributed by atoms with Crippen LogP contribution in [-0.2, 0) is 6.18 Å². The molecule has 0 N–H and O–H groups in total. The van der Waals surface area contributed by atoms with Crippen molar-refractivity contribution in [3.8, 4) is 17.4 Å². The number of rotatable bonds is 2. The van der Waals surface area contributed by atoms with E-state index in [2.05, 4.69) is 24.7 Å². The van der Waals surface area contributed by atoms with Crippen LogP contribution in [0.5, 0.6) is 5.88 Å². The summed E-state index contributed by atoms with van der Waals surface area (Å²) in [7, 11) is 0.956. The Labute approximate surface area is 104 Å². The van der Waals surface area contributed by atoms with Gasteiger partial charge >= 0.3 is 6.18 Å². The minimum Gasteiger partial charge on any atom is -0.480 e. The third-order valence-electron chi connectivity index (χ3n) is 2.10. The average Bonchev–Trinajstić information content (AvgIpc) is 2.37. The Balaban J connectivity index is 2.61. The zero-order valence-corrected chi connectivity index (χ0v) is 9.44. The summed E-state index contributed by atoms with van der Waals surface area (Å²) in [6, 6.07) is 0. The van der Waals surface area contributed by atoms with Crippen LogP contribution in [0.4, 0.5) is 17.6 Å². The van der Waals surface area contributed by atoms with Crippen molar-refractivity contribution in [2.75, 3.05) is 7.11 Å². The monoisotopic (exact) mass is 274 g/mol. The summed E-state index contributed by atoms with van der Waals surface area (Å²) >= 11 is 0. The molecule has 0 aliphatic carbocycles. The molecule has 0 radical (unpaired) electrons. The first-order valence-corrected chi connectivity index (χ1v) is 4.88. The molecule has 9 heteroatoms. The van der Waals surface area contributed by atoms with E-state index in [9.17, 15) is 17.6 Å². The zero-order valence-electron chi connectivity index (χ0n) is 9.44. The zero-order chi connectivity index (χ0) is 14.0. The van der Waals surface area contributed by atoms with Crippen LogP contribution < -0.4 is 4.74 Å². The Morgan fingerprint density at radius 1 is 1.16 bits per heavy atom. The Kier molecular flexibility index (Phi) is 3.28. The summed E-state index contributed by atoms with van der Waals surface area (Å²) in [6.07, 6.45) is -1.13. The summed E-state index contributed by atoms with van der Waals surface area (Å²) in [4.78, 5) is 14.1. The molecule has 2 rings (SSSR count). The summed E-state index contributed by atoms with van der Waals surface area (Å²) < 4.78 is 55.7. The normalized spacial score (nSPS) is 11.4. The van der Waals surface area contributed by atoms with Gasteiger partial charge in [-0.05, 0) is 0 Å². The van der Waals surface area contributed by atoms with Crippen LogP contribution >= 0.6 is 0 Å². The van der Waals surface area contributed by atoms with Crippen LogP contribution in [0.1, 0.15) is 5.56 Å². The summed E-state index contributed by atoms with van der Waals surface area (Å²) in [5, 5.41) is 0. The van der Waals surface area contributed by atoms with Gasteiger partial charge in [0.2, 0.25) is 11.8 Å². The lowest BCUT2D eigenvalue weighted by Crippen LogP contribution is -2.14. The van der Waals surface area contributed by atoms with Crippen LogP contribution in [-0.4, -0.2) is 27.0 Å². The molecular weight excluding hydrogens is 268 g/mol. The van der Waals surface area contributed by atoms with Crippen molar-refractivity contribution in [1.82, 2.24) is 19.9 Å². The predicted molar refractivity (Wildman–Crippen MR) is 54.6 cm³/mol. The van der Waals surface area contributed by atoms with Crippen LogP contribution in [0, 0.1) is 5.95 Å². The van der Waals surface area contributed by atoms with Crippen molar-refractivity contribution in [2.45, 2.75) is 6.18 Å². The maximum absolute atomic E-state index is 13.5. The minimum atomic E-state index is -4.95. The van der Waals surface area contributed by atoms with Gasteiger partial charge in [0.05, 0.1) is 13.3 Å². The number of hydrogen-bond donors (Lipinski definition) is 0. The molecule has 0 saturated carbocycles. The van der Waals surface area contributed by atoms with Crippen LogP contribution in [0.3, 0.4) is 0 Å². The second kappa shape index (κ2) is 4.75. The maximum atomic E-state index is 13.5. The van der Waals surface area contributed by atoms with Crippen molar-refractivity contribution >= 4 is 0 Å². The number of aromatic nitrogens is 4. The third kappa shape index (κ3) is 2.59. The molecule has 0 bridgehead atoms. The first-order valence-electron chi connectivity index (χ1n) is 4.88. The lowest BCUT2D eigenvalue weighted by Gasteiger charge is -2.12. The van der Waals surface area contributed by atoms with E-state index >= 15 is 0 Å². The van der Waals surface area contributed by atoms with Crippen LogP contribution in [0.25, 0.3) is 11.5 Å². The van der Waals surface area contributed by atoms with Gasteiger partial charge in [0.1, 0.15) is 5.69 Å². The summed E-state index contributed by atoms with van der Waals surface area (Å²) in [6.45, 7) is 0. The molecular formula is C10H6F4N4O. The standard InChI is InChI=1S/C10H6F4N4O/c1-19-9-6(10(12,13)14)7(11)17-8(18-9)5-4-15-2-3-16-5/h2-4H,1H3. The smallest absolute Gasteiger partial charge is 0.426 e. The van der Waals surface area contributed by atoms with E-state index in [1.54, 1.807) is 0 Å². The van der Waals surface area contributed by atoms with E-state index in [0.29, 0.717) is 0 Å². The van der Waals surface area contributed by atoms with E-state index in [1.165, 1.54) is 18.6 Å². The minimum absolute atomic E-state index is 0.0356. The van der Waals surface area contributed by atoms with E-state index in [0.717, 1.165) is 7.11 Å². The molecule has 2 aromatic heterocycles. The Morgan fingerprint density at radius 3 is 2.42 bits per heavy atom. The molecule has 0 aromatic carbocycles. The molecule has 0 saturated heterocycles. The highest BCUT2D eigenvalue weighted by atomic mass is 19.4. The highest BCUT2D eigenvalue weighted by Gasteiger charge is 2.40. The molecule has 19 heavy (non-hydrogen) atoms. The van der Waals surface area contributed by atoms with E-state index in [-0.39, 0.29) is 11.5 Å². The summed E-state index contributed by atoms with van der Waals surface area (Å²) in [5.74, 6) is -2.96. The molecule has 0 fully saturated rings. The van der Waals surface area contributed by atoms with Gasteiger partial charge in [0, 0.05) is 12.4 Å². The molecule has 0 spiro atoms. The fraction of sp³-hybridized carbons (Fsp3) is 0.200. The quantitative estimate of drug-likeness (QED) is 0.620. The molecule has 2 aromatic rings. The van der Waals surface area contributed by atoms with Crippen LogP contribution in [0.15, 0.2) is 18.6 Å². The molecule has 0 unspecified atom stereocenters. The number of alkyl halides is 3. The van der Waals surface area contributed by atoms with E-state index < -0.39 is 23.6 Å². The lowest BCUT2D eigenvalue weighted by molar-refractivity contribution is -0.142. The molecule has 0 atom stereocenters. The fourth-order valence-electron chi connectivity index (χ4n) is 1.33. The highest BCUT2D eigenvalue weighted by Crippen LogP contribution is 2.37. The van der Waals surface area contributed by atoms with Crippen molar-refractivity contribution in [3.63, 3.8) is 0 Å². The van der Waals surface area contributed by atoms with Gasteiger partial charge in [-0.1, -0.05) is 0 Å². The molecule has 100 valence electrons. The number of methoxy groups -OCH3 is 1. The van der Waals surface area contributed by atoms with E-state index in [1.807, 2.05) is 0 Å². The number of halogens is 4. The van der Waals surface area contributed by atoms with Crippen molar-refractivity contribution < 1.29 is 22.3 Å². The van der Waals surface area contributed by atoms with Crippen LogP contribution in [0.2, 0.25) is 0 Å². The van der Waals surface area contributed by atoms with Gasteiger partial charge < -0.3 is 4.74 Å². The van der Waals surface area contributed by atoms with Gasteiger partial charge in [0.25, 0.3) is 0 Å². The predicted octanol–water partition coefficient (Wildman–Crippen LogP) is 2.10. The number of ether oxygens (including phenoxy) is 1. The Hall–Kier alpha value is -2.32. The van der Waals surface area contributed by atoms with Crippen molar-refractivity contribution in [3.05, 3.63) is 30.1 Å². The van der Waals surface area contributed by atoms with Gasteiger partial charge in [-0.3, -0.25) is 4.98 Å². The van der Waals surface area contributed by atoms with Gasteiger partial charge in [-0.15, -0.1) is 0 Å². The largest absolute Gasteiger partial charge is 0.480 e. The third-order valence-corrected chi connectivity index (χ3v) is 2.10. The maximum Gasteiger partial charge on any atom is 0.426 e. The van der Waals surface area contributed by atoms with E-state index in [4.69, 9.17) is 0 Å². The summed E-state index contributed by atoms with van der Waals surface area (Å²) in [5.41, 5.74) is -1.61. The second-order valence-electron chi connectivity index (χ2n) is 3.31. The van der Waals surface area contributed by atoms with Crippen molar-refractivity contribution in [1.29, 1.82) is 0 Å². The Bertz CT molecular complexity index is 588. The highest BCUT2D eigenvalue weighted by molar-refractivity contribution is 5.49. The fourth-order valence-corrected chi connectivity index (χ4v) is 1.33. The van der Waals surface area contributed by atoms with Gasteiger partial charge in [-0.2, -0.15) is 27.5 Å². The SMILES string of the molecule is COc1nc(-c2cnccn2)nc(F)c1C(F)(F)F. The number of hydrogen-bond acceptors (Lipinski definition) is 5. The molecule has 2 heterocycles. The van der Waals surface area contributed by atoms with Gasteiger partial charge in [-0.25, -0.2) is 4.98 Å². The lowest BCUT2D eigenvalue weighted by atomic mass is 10.3. The van der Waals surface area contributed by atoms with Gasteiger partial charge in [0.15, 0.2) is 11.4 Å². The van der Waals surface area contributed by atoms with Crippen molar-refractivity contribution in [2.24, 2.45) is 0 Å². The second-order valence-corrected chi connectivity index (χ2v) is 3.31. The first-order chi connectivity index (χ1) is 8.93. The number of nitrogens with zero attached hydrogens (tertiary/aromatic N) is 4. The topological polar surface area (TPSA) is 60.8 Å². The molecule has 5 nitrogen and oxygen atoms in total. The average molecular weight is 274 g/mol. The first kappa shape index (κ1) is 13.1. The Morgan fingerprint density at radius 2 is 1.89 bits per heavy atom. The molecule has 0 aliphatic rings. The molecule has 0 amide bonds.